The van der Waals surface area contributed by atoms with Gasteiger partial charge in [-0.1, -0.05) is 11.6 Å². The Kier molecular flexibility index (Phi) is 4.00. The quantitative estimate of drug-likeness (QED) is 0.880. The van der Waals surface area contributed by atoms with Crippen molar-refractivity contribution < 1.29 is 17.9 Å². The van der Waals surface area contributed by atoms with Gasteiger partial charge < -0.3 is 15.2 Å². The first-order valence-electron chi connectivity index (χ1n) is 6.83. The molecule has 1 aromatic carbocycles. The van der Waals surface area contributed by atoms with Crippen LogP contribution in [0.25, 0.3) is 0 Å². The third-order valence-electron chi connectivity index (χ3n) is 3.71. The van der Waals surface area contributed by atoms with E-state index in [1.54, 1.807) is 0 Å². The molecule has 3 rings (SSSR count). The maximum atomic E-state index is 12.7. The summed E-state index contributed by atoms with van der Waals surface area (Å²) in [4.78, 5) is 0.0592. The van der Waals surface area contributed by atoms with Gasteiger partial charge in [0.15, 0.2) is 11.5 Å². The van der Waals surface area contributed by atoms with E-state index in [-0.39, 0.29) is 16.0 Å². The number of rotatable bonds is 2. The number of fused-ring (bicyclic) bond motifs is 1. The lowest BCUT2D eigenvalue weighted by Gasteiger charge is -2.30. The highest BCUT2D eigenvalue weighted by atomic mass is 35.5. The molecule has 1 fully saturated rings. The summed E-state index contributed by atoms with van der Waals surface area (Å²) in [6, 6.07) is 3.01. The maximum Gasteiger partial charge on any atom is 0.244 e. The minimum absolute atomic E-state index is 0.0592. The lowest BCUT2D eigenvalue weighted by Crippen LogP contribution is -2.42. The Balaban J connectivity index is 1.95. The number of hydrogen-bond acceptors (Lipinski definition) is 5. The molecule has 2 heterocycles. The van der Waals surface area contributed by atoms with Crippen LogP contribution in [0, 0.1) is 0 Å². The van der Waals surface area contributed by atoms with E-state index in [2.05, 4.69) is 0 Å². The summed E-state index contributed by atoms with van der Waals surface area (Å²) in [7, 11) is -3.64. The van der Waals surface area contributed by atoms with Crippen molar-refractivity contribution in [3.8, 4) is 11.5 Å². The zero-order chi connectivity index (χ0) is 15.0. The SMILES string of the molecule is NC1CCN(S(=O)(=O)c2cc3c(cc2Cl)OCCO3)CC1. The second-order valence-electron chi connectivity index (χ2n) is 5.17. The van der Waals surface area contributed by atoms with Gasteiger partial charge in [0.05, 0.1) is 5.02 Å². The van der Waals surface area contributed by atoms with Gasteiger partial charge in [0.1, 0.15) is 18.1 Å². The first-order valence-corrected chi connectivity index (χ1v) is 8.65. The molecule has 0 amide bonds. The third kappa shape index (κ3) is 2.83. The summed E-state index contributed by atoms with van der Waals surface area (Å²) >= 11 is 6.13. The summed E-state index contributed by atoms with van der Waals surface area (Å²) in [6.45, 7) is 1.65. The number of piperidine rings is 1. The number of benzene rings is 1. The molecule has 6 nitrogen and oxygen atoms in total. The number of halogens is 1. The van der Waals surface area contributed by atoms with Crippen molar-refractivity contribution >= 4 is 21.6 Å². The summed E-state index contributed by atoms with van der Waals surface area (Å²) in [5, 5.41) is 0.147. The first-order chi connectivity index (χ1) is 9.98. The van der Waals surface area contributed by atoms with Gasteiger partial charge in [0.2, 0.25) is 10.0 Å². The van der Waals surface area contributed by atoms with Crippen LogP contribution in [0.1, 0.15) is 12.8 Å². The minimum atomic E-state index is -3.64. The molecule has 2 N–H and O–H groups in total. The number of nitrogens with two attached hydrogens (primary N) is 1. The highest BCUT2D eigenvalue weighted by Crippen LogP contribution is 2.38. The van der Waals surface area contributed by atoms with E-state index in [1.165, 1.54) is 16.4 Å². The van der Waals surface area contributed by atoms with Crippen LogP contribution in [0.2, 0.25) is 5.02 Å². The molecule has 0 atom stereocenters. The van der Waals surface area contributed by atoms with Crippen molar-refractivity contribution in [2.24, 2.45) is 5.73 Å². The molecular weight excluding hydrogens is 316 g/mol. The topological polar surface area (TPSA) is 81.9 Å². The number of sulfonamides is 1. The molecule has 1 saturated heterocycles. The first kappa shape index (κ1) is 14.9. The Hall–Kier alpha value is -1.02. The predicted octanol–water partition coefficient (Wildman–Crippen LogP) is 1.22. The van der Waals surface area contributed by atoms with Crippen LogP contribution in [0.3, 0.4) is 0 Å². The summed E-state index contributed by atoms with van der Waals surface area (Å²) < 4.78 is 37.7. The average molecular weight is 333 g/mol. The monoisotopic (exact) mass is 332 g/mol. The van der Waals surface area contributed by atoms with E-state index in [0.717, 1.165) is 0 Å². The van der Waals surface area contributed by atoms with E-state index in [4.69, 9.17) is 26.8 Å². The highest BCUT2D eigenvalue weighted by Gasteiger charge is 2.31. The molecule has 0 aromatic heterocycles. The van der Waals surface area contributed by atoms with Gasteiger partial charge in [-0.15, -0.1) is 0 Å². The Morgan fingerprint density at radius 1 is 1.14 bits per heavy atom. The molecular formula is C13H17ClN2O4S. The van der Waals surface area contributed by atoms with Crippen LogP contribution in [-0.4, -0.2) is 45.1 Å². The van der Waals surface area contributed by atoms with Crippen LogP contribution in [0.4, 0.5) is 0 Å². The lowest BCUT2D eigenvalue weighted by atomic mass is 10.1. The molecule has 0 radical (unpaired) electrons. The normalized spacial score (nSPS) is 20.5. The zero-order valence-electron chi connectivity index (χ0n) is 11.4. The Morgan fingerprint density at radius 3 is 2.33 bits per heavy atom. The van der Waals surface area contributed by atoms with Gasteiger partial charge in [-0.05, 0) is 12.8 Å². The van der Waals surface area contributed by atoms with E-state index in [9.17, 15) is 8.42 Å². The maximum absolute atomic E-state index is 12.7. The van der Waals surface area contributed by atoms with Crippen LogP contribution < -0.4 is 15.2 Å². The Labute approximate surface area is 128 Å². The largest absolute Gasteiger partial charge is 0.486 e. The Morgan fingerprint density at radius 2 is 1.71 bits per heavy atom. The number of hydrogen-bond donors (Lipinski definition) is 1. The van der Waals surface area contributed by atoms with Crippen molar-refractivity contribution in [1.82, 2.24) is 4.31 Å². The van der Waals surface area contributed by atoms with E-state index in [1.807, 2.05) is 0 Å². The van der Waals surface area contributed by atoms with E-state index >= 15 is 0 Å². The molecule has 1 aromatic rings. The van der Waals surface area contributed by atoms with Gasteiger partial charge >= 0.3 is 0 Å². The van der Waals surface area contributed by atoms with Crippen LogP contribution >= 0.6 is 11.6 Å². The van der Waals surface area contributed by atoms with Crippen molar-refractivity contribution in [1.29, 1.82) is 0 Å². The molecule has 8 heteroatoms. The van der Waals surface area contributed by atoms with Gasteiger partial charge in [-0.25, -0.2) is 8.42 Å². The van der Waals surface area contributed by atoms with E-state index in [0.29, 0.717) is 50.6 Å². The Bertz CT molecular complexity index is 642. The highest BCUT2D eigenvalue weighted by molar-refractivity contribution is 7.89. The van der Waals surface area contributed by atoms with Crippen LogP contribution in [0.15, 0.2) is 17.0 Å². The minimum Gasteiger partial charge on any atom is -0.486 e. The smallest absolute Gasteiger partial charge is 0.244 e. The molecule has 21 heavy (non-hydrogen) atoms. The predicted molar refractivity (Wildman–Crippen MR) is 78.4 cm³/mol. The van der Waals surface area contributed by atoms with Gasteiger partial charge in [-0.2, -0.15) is 4.31 Å². The summed E-state index contributed by atoms with van der Waals surface area (Å²) in [6.07, 6.45) is 1.31. The van der Waals surface area contributed by atoms with E-state index < -0.39 is 10.0 Å². The second-order valence-corrected chi connectivity index (χ2v) is 7.48. The van der Waals surface area contributed by atoms with Gasteiger partial charge in [-0.3, -0.25) is 0 Å². The average Bonchev–Trinajstić information content (AvgIpc) is 2.47. The molecule has 0 saturated carbocycles. The summed E-state index contributed by atoms with van der Waals surface area (Å²) in [5.74, 6) is 0.892. The van der Waals surface area contributed by atoms with Crippen LogP contribution in [0.5, 0.6) is 11.5 Å². The van der Waals surface area contributed by atoms with Crippen LogP contribution in [-0.2, 0) is 10.0 Å². The molecule has 0 bridgehead atoms. The molecule has 0 aliphatic carbocycles. The molecule has 2 aliphatic rings. The summed E-state index contributed by atoms with van der Waals surface area (Å²) in [5.41, 5.74) is 5.82. The third-order valence-corrected chi connectivity index (χ3v) is 6.08. The fraction of sp³-hybridized carbons (Fsp3) is 0.538. The second kappa shape index (κ2) is 5.64. The molecule has 0 spiro atoms. The van der Waals surface area contributed by atoms with Gasteiger partial charge in [0, 0.05) is 31.3 Å². The number of nitrogens with zero attached hydrogens (tertiary/aromatic N) is 1. The fourth-order valence-corrected chi connectivity index (χ4v) is 4.48. The zero-order valence-corrected chi connectivity index (χ0v) is 13.0. The van der Waals surface area contributed by atoms with Gasteiger partial charge in [0.25, 0.3) is 0 Å². The fourth-order valence-electron chi connectivity index (χ4n) is 2.50. The molecule has 116 valence electrons. The number of ether oxygens (including phenoxy) is 2. The van der Waals surface area contributed by atoms with Crippen molar-refractivity contribution in [2.75, 3.05) is 26.3 Å². The van der Waals surface area contributed by atoms with Crippen molar-refractivity contribution in [2.45, 2.75) is 23.8 Å². The standard InChI is InChI=1S/C13H17ClN2O4S/c14-10-7-11-12(20-6-5-19-11)8-13(10)21(17,18)16-3-1-9(15)2-4-16/h7-9H,1-6,15H2. The van der Waals surface area contributed by atoms with Crippen molar-refractivity contribution in [3.63, 3.8) is 0 Å². The van der Waals surface area contributed by atoms with Crippen molar-refractivity contribution in [3.05, 3.63) is 17.2 Å². The lowest BCUT2D eigenvalue weighted by molar-refractivity contribution is 0.171. The molecule has 0 unspecified atom stereocenters. The molecule has 2 aliphatic heterocycles.